The second kappa shape index (κ2) is 5.35. The highest BCUT2D eigenvalue weighted by molar-refractivity contribution is 5.92. The van der Waals surface area contributed by atoms with Gasteiger partial charge in [-0.3, -0.25) is 9.20 Å². The van der Waals surface area contributed by atoms with Gasteiger partial charge in [0.15, 0.2) is 5.82 Å². The Kier molecular flexibility index (Phi) is 3.48. The maximum atomic E-state index is 14.3. The van der Waals surface area contributed by atoms with Crippen LogP contribution < -0.4 is 11.1 Å². The van der Waals surface area contributed by atoms with Crippen LogP contribution in [-0.4, -0.2) is 22.3 Å². The Hall–Kier alpha value is -2.96. The molecule has 0 bridgehead atoms. The van der Waals surface area contributed by atoms with Crippen molar-refractivity contribution in [3.05, 3.63) is 53.6 Å². The van der Waals surface area contributed by atoms with Crippen LogP contribution >= 0.6 is 0 Å². The number of nitrogens with two attached hydrogens (primary N) is 1. The van der Waals surface area contributed by atoms with E-state index < -0.39 is 11.6 Å². The molecule has 0 aliphatic heterocycles. The van der Waals surface area contributed by atoms with Crippen molar-refractivity contribution in [2.75, 3.05) is 12.8 Å². The highest BCUT2D eigenvalue weighted by atomic mass is 19.1. The molecular weight excluding hydrogens is 302 g/mol. The Morgan fingerprint density at radius 2 is 2.04 bits per heavy atom. The molecule has 1 aromatic carbocycles. The van der Waals surface area contributed by atoms with E-state index in [1.807, 2.05) is 0 Å². The molecule has 0 aliphatic rings. The first-order chi connectivity index (χ1) is 11.0. The summed E-state index contributed by atoms with van der Waals surface area (Å²) < 4.78 is 29.9. The number of nitrogens with zero attached hydrogens (tertiary/aromatic N) is 2. The van der Waals surface area contributed by atoms with Gasteiger partial charge < -0.3 is 11.1 Å². The number of nitrogen functional groups attached to an aromatic ring is 1. The van der Waals surface area contributed by atoms with Crippen LogP contribution in [-0.2, 0) is 0 Å². The number of benzene rings is 1. The number of carbonyl (C=O) groups is 1. The molecule has 118 valence electrons. The molecule has 3 rings (SSSR count). The van der Waals surface area contributed by atoms with Crippen molar-refractivity contribution in [2.45, 2.75) is 6.92 Å². The summed E-state index contributed by atoms with van der Waals surface area (Å²) in [5.74, 6) is -1.65. The first-order valence-corrected chi connectivity index (χ1v) is 6.88. The zero-order valence-electron chi connectivity index (χ0n) is 12.5. The largest absolute Gasteiger partial charge is 0.396 e. The molecule has 3 aromatic rings. The number of halogens is 2. The van der Waals surface area contributed by atoms with E-state index in [-0.39, 0.29) is 23.0 Å². The van der Waals surface area contributed by atoms with Crippen molar-refractivity contribution in [1.29, 1.82) is 0 Å². The van der Waals surface area contributed by atoms with Crippen molar-refractivity contribution in [3.8, 4) is 11.1 Å². The predicted octanol–water partition coefficient (Wildman–Crippen LogP) is 2.53. The SMILES string of the molecule is CNC(=O)c1ncc2c(C)c(-c3c(F)ccc(N)c3F)ccn12. The molecule has 0 radical (unpaired) electrons. The monoisotopic (exact) mass is 316 g/mol. The van der Waals surface area contributed by atoms with Gasteiger partial charge in [-0.15, -0.1) is 0 Å². The molecule has 0 aliphatic carbocycles. The van der Waals surface area contributed by atoms with Crippen molar-refractivity contribution in [1.82, 2.24) is 14.7 Å². The topological polar surface area (TPSA) is 72.4 Å². The van der Waals surface area contributed by atoms with Crippen LogP contribution in [0.1, 0.15) is 16.2 Å². The lowest BCUT2D eigenvalue weighted by Gasteiger charge is -2.12. The number of imidazole rings is 1. The van der Waals surface area contributed by atoms with Crippen molar-refractivity contribution < 1.29 is 13.6 Å². The summed E-state index contributed by atoms with van der Waals surface area (Å²) in [6.45, 7) is 1.71. The number of fused-ring (bicyclic) bond motifs is 1. The van der Waals surface area contributed by atoms with Gasteiger partial charge in [0.1, 0.15) is 5.82 Å². The third kappa shape index (κ3) is 2.21. The maximum absolute atomic E-state index is 14.3. The average molecular weight is 316 g/mol. The van der Waals surface area contributed by atoms with E-state index >= 15 is 0 Å². The summed E-state index contributed by atoms with van der Waals surface area (Å²) in [4.78, 5) is 15.8. The minimum atomic E-state index is -0.802. The zero-order valence-corrected chi connectivity index (χ0v) is 12.5. The van der Waals surface area contributed by atoms with E-state index in [0.29, 0.717) is 16.6 Å². The van der Waals surface area contributed by atoms with Crippen LogP contribution in [0.5, 0.6) is 0 Å². The highest BCUT2D eigenvalue weighted by Gasteiger charge is 2.19. The third-order valence-corrected chi connectivity index (χ3v) is 3.80. The second-order valence-electron chi connectivity index (χ2n) is 5.10. The van der Waals surface area contributed by atoms with Crippen molar-refractivity contribution in [3.63, 3.8) is 0 Å². The third-order valence-electron chi connectivity index (χ3n) is 3.80. The standard InChI is InChI=1S/C16H14F2N4O/c1-8-9(13-10(17)3-4-11(19)14(13)18)5-6-22-12(8)7-21-15(22)16(23)20-2/h3-7H,19H2,1-2H3,(H,20,23). The molecule has 0 unspecified atom stereocenters. The molecule has 0 saturated carbocycles. The van der Waals surface area contributed by atoms with Crippen molar-refractivity contribution in [2.24, 2.45) is 0 Å². The van der Waals surface area contributed by atoms with Gasteiger partial charge >= 0.3 is 0 Å². The van der Waals surface area contributed by atoms with Gasteiger partial charge in [0, 0.05) is 13.2 Å². The fourth-order valence-corrected chi connectivity index (χ4v) is 2.57. The molecule has 23 heavy (non-hydrogen) atoms. The average Bonchev–Trinajstić information content (AvgIpc) is 2.97. The first-order valence-electron chi connectivity index (χ1n) is 6.88. The Labute approximate surface area is 130 Å². The number of aryl methyl sites for hydroxylation is 1. The first kappa shape index (κ1) is 15.0. The molecule has 7 heteroatoms. The Morgan fingerprint density at radius 3 is 2.74 bits per heavy atom. The van der Waals surface area contributed by atoms with Gasteiger partial charge in [0.05, 0.1) is 23.0 Å². The lowest BCUT2D eigenvalue weighted by Crippen LogP contribution is -2.20. The number of pyridine rings is 1. The van der Waals surface area contributed by atoms with Gasteiger partial charge in [-0.1, -0.05) is 0 Å². The van der Waals surface area contributed by atoms with E-state index in [1.165, 1.54) is 25.4 Å². The van der Waals surface area contributed by atoms with Gasteiger partial charge in [-0.2, -0.15) is 0 Å². The van der Waals surface area contributed by atoms with Crippen LogP contribution in [0.25, 0.3) is 16.6 Å². The number of aromatic nitrogens is 2. The van der Waals surface area contributed by atoms with Gasteiger partial charge in [0.25, 0.3) is 5.91 Å². The lowest BCUT2D eigenvalue weighted by molar-refractivity contribution is 0.0952. The molecule has 2 aromatic heterocycles. The van der Waals surface area contributed by atoms with E-state index in [4.69, 9.17) is 5.73 Å². The molecule has 0 saturated heterocycles. The molecule has 3 N–H and O–H groups in total. The normalized spacial score (nSPS) is 11.0. The van der Waals surface area contributed by atoms with Gasteiger partial charge in [-0.05, 0) is 36.2 Å². The van der Waals surface area contributed by atoms with Crippen molar-refractivity contribution >= 4 is 17.1 Å². The smallest absolute Gasteiger partial charge is 0.287 e. The summed E-state index contributed by atoms with van der Waals surface area (Å²) >= 11 is 0. The minimum absolute atomic E-state index is 0.125. The molecule has 5 nitrogen and oxygen atoms in total. The number of anilines is 1. The molecule has 2 heterocycles. The fourth-order valence-electron chi connectivity index (χ4n) is 2.57. The van der Waals surface area contributed by atoms with Gasteiger partial charge in [-0.25, -0.2) is 13.8 Å². The second-order valence-corrected chi connectivity index (χ2v) is 5.10. The fraction of sp³-hybridized carbons (Fsp3) is 0.125. The van der Waals surface area contributed by atoms with E-state index in [0.717, 1.165) is 6.07 Å². The van der Waals surface area contributed by atoms with E-state index in [2.05, 4.69) is 10.3 Å². The molecule has 0 atom stereocenters. The summed E-state index contributed by atoms with van der Waals surface area (Å²) in [5.41, 5.74) is 6.77. The number of hydrogen-bond donors (Lipinski definition) is 2. The lowest BCUT2D eigenvalue weighted by atomic mass is 9.99. The van der Waals surface area contributed by atoms with Crippen LogP contribution in [0.15, 0.2) is 30.6 Å². The Balaban J connectivity index is 2.28. The van der Waals surface area contributed by atoms with E-state index in [1.54, 1.807) is 17.5 Å². The number of amides is 1. The number of hydrogen-bond acceptors (Lipinski definition) is 3. The summed E-state index contributed by atoms with van der Waals surface area (Å²) in [6, 6.07) is 3.85. The predicted molar refractivity (Wildman–Crippen MR) is 83.1 cm³/mol. The Bertz CT molecular complexity index is 933. The van der Waals surface area contributed by atoms with Crippen LogP contribution in [0, 0.1) is 18.6 Å². The summed E-state index contributed by atoms with van der Waals surface area (Å²) in [5, 5.41) is 2.49. The number of carbonyl (C=O) groups excluding carboxylic acids is 1. The zero-order chi connectivity index (χ0) is 16.7. The summed E-state index contributed by atoms with van der Waals surface area (Å²) in [7, 11) is 1.50. The molecule has 0 spiro atoms. The maximum Gasteiger partial charge on any atom is 0.287 e. The summed E-state index contributed by atoms with van der Waals surface area (Å²) in [6.07, 6.45) is 3.04. The molecular formula is C16H14F2N4O. The number of rotatable bonds is 2. The van der Waals surface area contributed by atoms with Crippen LogP contribution in [0.4, 0.5) is 14.5 Å². The van der Waals surface area contributed by atoms with E-state index in [9.17, 15) is 13.6 Å². The molecule has 0 fully saturated rings. The van der Waals surface area contributed by atoms with Crippen LogP contribution in [0.3, 0.4) is 0 Å². The highest BCUT2D eigenvalue weighted by Crippen LogP contribution is 2.33. The number of nitrogens with one attached hydrogen (secondary N) is 1. The quantitative estimate of drug-likeness (QED) is 0.714. The molecule has 1 amide bonds. The van der Waals surface area contributed by atoms with Crippen LogP contribution in [0.2, 0.25) is 0 Å². The minimum Gasteiger partial charge on any atom is -0.396 e. The Morgan fingerprint density at radius 1 is 1.30 bits per heavy atom. The van der Waals surface area contributed by atoms with Gasteiger partial charge in [0.2, 0.25) is 5.82 Å².